The van der Waals surface area contributed by atoms with E-state index in [1.807, 2.05) is 0 Å². The van der Waals surface area contributed by atoms with Gasteiger partial charge in [0, 0.05) is 0 Å². The maximum atomic E-state index is 3.45. The summed E-state index contributed by atoms with van der Waals surface area (Å²) in [5, 5.41) is 4.32. The molecule has 0 atom stereocenters. The molecule has 0 N–H and O–H groups in total. The van der Waals surface area contributed by atoms with Crippen LogP contribution in [-0.2, 0) is 0 Å². The van der Waals surface area contributed by atoms with Crippen molar-refractivity contribution in [2.75, 3.05) is 0 Å². The molecule has 3 heteroatoms. The van der Waals surface area contributed by atoms with Crippen LogP contribution in [0.4, 0.5) is 0 Å². The number of thiophene rings is 1. The summed E-state index contributed by atoms with van der Waals surface area (Å²) in [5.41, 5.74) is 0. The number of hydrogen-bond donors (Lipinski definition) is 0. The Morgan fingerprint density at radius 3 is 2.62 bits per heavy atom. The Kier molecular flexibility index (Phi) is 2.57. The average molecular weight is 256 g/mol. The van der Waals surface area contributed by atoms with Gasteiger partial charge < -0.3 is 0 Å². The van der Waals surface area contributed by atoms with Crippen LogP contribution in [0.3, 0.4) is 0 Å². The van der Waals surface area contributed by atoms with E-state index in [4.69, 9.17) is 0 Å². The van der Waals surface area contributed by atoms with Crippen LogP contribution in [0.25, 0.3) is 0 Å². The molecule has 0 nitrogen and oxygen atoms in total. The minimum absolute atomic E-state index is 0.652. The average Bonchev–Trinajstić information content (AvgIpc) is 2.14. The molecular formula is C5H5BrSSe. The van der Waals surface area contributed by atoms with Crippen molar-refractivity contribution < 1.29 is 0 Å². The van der Waals surface area contributed by atoms with Gasteiger partial charge in [-0.15, -0.1) is 0 Å². The third-order valence-electron chi connectivity index (χ3n) is 0.802. The Balaban J connectivity index is 2.92. The van der Waals surface area contributed by atoms with Crippen molar-refractivity contribution in [3.63, 3.8) is 0 Å². The Bertz CT molecular complexity index is 173. The molecule has 0 amide bonds. The molecule has 1 heterocycles. The molecule has 0 unspecified atom stereocenters. The van der Waals surface area contributed by atoms with Crippen LogP contribution in [-0.4, -0.2) is 15.0 Å². The first-order chi connectivity index (χ1) is 3.84. The Morgan fingerprint density at radius 1 is 1.62 bits per heavy atom. The van der Waals surface area contributed by atoms with Gasteiger partial charge in [0.05, 0.1) is 0 Å². The van der Waals surface area contributed by atoms with Crippen molar-refractivity contribution in [2.24, 2.45) is 0 Å². The van der Waals surface area contributed by atoms with Crippen molar-refractivity contribution >= 4 is 46.7 Å². The summed E-state index contributed by atoms with van der Waals surface area (Å²) in [4.78, 5) is 0. The molecule has 44 valence electrons. The molecule has 0 radical (unpaired) electrons. The summed E-state index contributed by atoms with van der Waals surface area (Å²) in [5.74, 6) is 2.22. The second-order valence-corrected chi connectivity index (χ2v) is 4.67. The first kappa shape index (κ1) is 6.81. The van der Waals surface area contributed by atoms with Crippen molar-refractivity contribution in [3.05, 3.63) is 15.2 Å². The van der Waals surface area contributed by atoms with Crippen LogP contribution in [0, 0.1) is 0 Å². The number of rotatable bonds is 1. The van der Waals surface area contributed by atoms with Gasteiger partial charge in [-0.2, -0.15) is 0 Å². The van der Waals surface area contributed by atoms with Crippen molar-refractivity contribution in [1.82, 2.24) is 0 Å². The van der Waals surface area contributed by atoms with Crippen LogP contribution in [0.15, 0.2) is 15.2 Å². The molecule has 0 aliphatic heterocycles. The van der Waals surface area contributed by atoms with Crippen molar-refractivity contribution in [1.29, 1.82) is 0 Å². The van der Waals surface area contributed by atoms with E-state index in [0.29, 0.717) is 15.0 Å². The summed E-state index contributed by atoms with van der Waals surface area (Å²) in [6.45, 7) is 0. The molecule has 0 aliphatic carbocycles. The molecule has 0 bridgehead atoms. The second-order valence-electron chi connectivity index (χ2n) is 1.29. The molecule has 1 aromatic rings. The summed E-state index contributed by atoms with van der Waals surface area (Å²) in [6.07, 6.45) is 0. The minimum atomic E-state index is 0.652. The number of hydrogen-bond acceptors (Lipinski definition) is 1. The number of halogens is 1. The van der Waals surface area contributed by atoms with Crippen molar-refractivity contribution in [2.45, 2.75) is 5.82 Å². The zero-order chi connectivity index (χ0) is 5.98. The molecule has 0 fully saturated rings. The first-order valence-corrected chi connectivity index (χ1v) is 6.41. The Labute approximate surface area is 67.6 Å². The van der Waals surface area contributed by atoms with Gasteiger partial charge in [0.15, 0.2) is 0 Å². The normalized spacial score (nSPS) is 9.75. The van der Waals surface area contributed by atoms with Gasteiger partial charge in [-0.05, 0) is 0 Å². The van der Waals surface area contributed by atoms with Crippen LogP contribution < -0.4 is 4.46 Å². The molecular weight excluding hydrogens is 251 g/mol. The SMILES string of the molecule is C[Se]c1cscc1Br. The van der Waals surface area contributed by atoms with Crippen LogP contribution in [0.2, 0.25) is 5.82 Å². The molecule has 0 saturated heterocycles. The second kappa shape index (κ2) is 3.02. The summed E-state index contributed by atoms with van der Waals surface area (Å²) >= 11 is 5.86. The van der Waals surface area contributed by atoms with E-state index in [9.17, 15) is 0 Å². The van der Waals surface area contributed by atoms with E-state index in [2.05, 4.69) is 32.5 Å². The Hall–Kier alpha value is 0.699. The third kappa shape index (κ3) is 1.35. The molecule has 8 heavy (non-hydrogen) atoms. The molecule has 1 aromatic heterocycles. The van der Waals surface area contributed by atoms with Gasteiger partial charge in [0.25, 0.3) is 0 Å². The Morgan fingerprint density at radius 2 is 2.38 bits per heavy atom. The van der Waals surface area contributed by atoms with E-state index in [1.54, 1.807) is 11.3 Å². The fourth-order valence-corrected chi connectivity index (χ4v) is 4.16. The van der Waals surface area contributed by atoms with E-state index in [-0.39, 0.29) is 0 Å². The summed E-state index contributed by atoms with van der Waals surface area (Å²) in [7, 11) is 0. The quantitative estimate of drug-likeness (QED) is 0.673. The summed E-state index contributed by atoms with van der Waals surface area (Å²) in [6, 6.07) is 0. The predicted molar refractivity (Wildman–Crippen MR) is 43.3 cm³/mol. The first-order valence-electron chi connectivity index (χ1n) is 2.10. The zero-order valence-corrected chi connectivity index (χ0v) is 8.46. The molecule has 1 rings (SSSR count). The van der Waals surface area contributed by atoms with Gasteiger partial charge >= 0.3 is 67.7 Å². The molecule has 0 spiro atoms. The zero-order valence-electron chi connectivity index (χ0n) is 4.35. The standard InChI is InChI=1S/C5H5BrSSe/c1-8-5-3-7-2-4(5)6/h2-3H,1H3. The maximum absolute atomic E-state index is 3.45. The van der Waals surface area contributed by atoms with Gasteiger partial charge in [-0.25, -0.2) is 0 Å². The molecule has 0 saturated carbocycles. The van der Waals surface area contributed by atoms with Crippen LogP contribution in [0.5, 0.6) is 0 Å². The summed E-state index contributed by atoms with van der Waals surface area (Å²) < 4.78 is 2.76. The van der Waals surface area contributed by atoms with E-state index in [0.717, 1.165) is 0 Å². The van der Waals surface area contributed by atoms with Crippen molar-refractivity contribution in [3.8, 4) is 0 Å². The van der Waals surface area contributed by atoms with Gasteiger partial charge in [0.1, 0.15) is 0 Å². The third-order valence-corrected chi connectivity index (χ3v) is 5.06. The van der Waals surface area contributed by atoms with Gasteiger partial charge in [0.2, 0.25) is 0 Å². The topological polar surface area (TPSA) is 0 Å². The van der Waals surface area contributed by atoms with Gasteiger partial charge in [-0.3, -0.25) is 0 Å². The predicted octanol–water partition coefficient (Wildman–Crippen LogP) is 1.89. The fourth-order valence-electron chi connectivity index (χ4n) is 0.416. The molecule has 0 aromatic carbocycles. The fraction of sp³-hybridized carbons (Fsp3) is 0.200. The van der Waals surface area contributed by atoms with E-state index < -0.39 is 0 Å². The molecule has 0 aliphatic rings. The van der Waals surface area contributed by atoms with Crippen LogP contribution in [0.1, 0.15) is 0 Å². The van der Waals surface area contributed by atoms with E-state index in [1.165, 1.54) is 8.93 Å². The van der Waals surface area contributed by atoms with Crippen LogP contribution >= 0.6 is 27.3 Å². The van der Waals surface area contributed by atoms with E-state index >= 15 is 0 Å². The van der Waals surface area contributed by atoms with Gasteiger partial charge in [-0.1, -0.05) is 0 Å². The monoisotopic (exact) mass is 256 g/mol.